The molecule has 0 aromatic heterocycles. The number of cyclic esters (lactones) is 1. The van der Waals surface area contributed by atoms with Crippen molar-refractivity contribution in [3.8, 4) is 0 Å². The van der Waals surface area contributed by atoms with E-state index in [1.165, 1.54) is 6.08 Å². The molecule has 80 valence electrons. The van der Waals surface area contributed by atoms with Gasteiger partial charge >= 0.3 is 5.97 Å². The lowest BCUT2D eigenvalue weighted by molar-refractivity contribution is -0.264. The minimum Gasteiger partial charge on any atom is -0.456 e. The Bertz CT molecular complexity index is 273. The van der Waals surface area contributed by atoms with E-state index >= 15 is 0 Å². The minimum atomic E-state index is -0.817. The number of esters is 1. The monoisotopic (exact) mass is 198 g/mol. The van der Waals surface area contributed by atoms with Gasteiger partial charge in [-0.05, 0) is 6.92 Å². The number of hydrogen-bond donors (Lipinski definition) is 0. The van der Waals surface area contributed by atoms with Gasteiger partial charge in [-0.3, -0.25) is 0 Å². The van der Waals surface area contributed by atoms with Crippen LogP contribution in [0.4, 0.5) is 0 Å². The predicted octanol–water partition coefficient (Wildman–Crippen LogP) is 2.62. The van der Waals surface area contributed by atoms with E-state index in [0.717, 1.165) is 0 Å². The molecule has 14 heavy (non-hydrogen) atoms. The van der Waals surface area contributed by atoms with Crippen molar-refractivity contribution in [1.29, 1.82) is 0 Å². The third-order valence-corrected chi connectivity index (χ3v) is 2.52. The van der Waals surface area contributed by atoms with E-state index in [9.17, 15) is 4.79 Å². The van der Waals surface area contributed by atoms with E-state index in [1.807, 2.05) is 27.7 Å². The Balaban J connectivity index is 3.05. The van der Waals surface area contributed by atoms with Crippen LogP contribution in [-0.4, -0.2) is 11.8 Å². The van der Waals surface area contributed by atoms with E-state index in [1.54, 1.807) is 6.92 Å². The predicted molar refractivity (Wildman–Crippen MR) is 53.4 cm³/mol. The molecule has 0 radical (unpaired) electrons. The molecule has 1 unspecified atom stereocenters. The molecule has 0 saturated carbocycles. The summed E-state index contributed by atoms with van der Waals surface area (Å²) in [6, 6.07) is 0. The first-order chi connectivity index (χ1) is 6.31. The maximum Gasteiger partial charge on any atom is 0.337 e. The van der Waals surface area contributed by atoms with Gasteiger partial charge in [-0.2, -0.15) is 0 Å². The fourth-order valence-electron chi connectivity index (χ4n) is 1.65. The minimum absolute atomic E-state index is 0.229. The van der Waals surface area contributed by atoms with Gasteiger partial charge < -0.3 is 9.47 Å². The van der Waals surface area contributed by atoms with Gasteiger partial charge in [0.2, 0.25) is 0 Å². The molecule has 1 rings (SSSR count). The molecule has 0 aromatic carbocycles. The Morgan fingerprint density at radius 3 is 2.29 bits per heavy atom. The molecule has 0 aliphatic carbocycles. The summed E-state index contributed by atoms with van der Waals surface area (Å²) < 4.78 is 11.0. The van der Waals surface area contributed by atoms with E-state index in [4.69, 9.17) is 9.47 Å². The summed E-state index contributed by atoms with van der Waals surface area (Å²) in [5.74, 6) is -0.508. The molecule has 0 saturated heterocycles. The first-order valence-electron chi connectivity index (χ1n) is 4.91. The fourth-order valence-corrected chi connectivity index (χ4v) is 1.65. The molecule has 1 heterocycles. The highest BCUT2D eigenvalue weighted by molar-refractivity contribution is 5.83. The lowest BCUT2D eigenvalue weighted by Crippen LogP contribution is -2.50. The molecule has 0 aromatic rings. The van der Waals surface area contributed by atoms with Crippen LogP contribution in [0.15, 0.2) is 11.8 Å². The Kier molecular flexibility index (Phi) is 2.61. The largest absolute Gasteiger partial charge is 0.456 e. The van der Waals surface area contributed by atoms with Crippen molar-refractivity contribution in [2.24, 2.45) is 5.41 Å². The highest BCUT2D eigenvalue weighted by atomic mass is 16.7. The molecule has 0 amide bonds. The topological polar surface area (TPSA) is 35.5 Å². The number of hydrogen-bond acceptors (Lipinski definition) is 3. The van der Waals surface area contributed by atoms with Crippen LogP contribution in [0.25, 0.3) is 0 Å². The molecule has 3 heteroatoms. The van der Waals surface area contributed by atoms with Crippen LogP contribution in [-0.2, 0) is 14.3 Å². The van der Waals surface area contributed by atoms with Crippen LogP contribution in [0.5, 0.6) is 0 Å². The zero-order valence-corrected chi connectivity index (χ0v) is 9.51. The van der Waals surface area contributed by atoms with Crippen molar-refractivity contribution in [1.82, 2.24) is 0 Å². The molecule has 1 atom stereocenters. The molecule has 1 aliphatic rings. The summed E-state index contributed by atoms with van der Waals surface area (Å²) in [5.41, 5.74) is -0.229. The van der Waals surface area contributed by atoms with Gasteiger partial charge in [0.25, 0.3) is 5.79 Å². The van der Waals surface area contributed by atoms with E-state index in [2.05, 4.69) is 0 Å². The van der Waals surface area contributed by atoms with Gasteiger partial charge in [-0.15, -0.1) is 0 Å². The molecule has 0 fully saturated rings. The summed E-state index contributed by atoms with van der Waals surface area (Å²) in [7, 11) is 0. The molecule has 0 bridgehead atoms. The van der Waals surface area contributed by atoms with Crippen LogP contribution in [0.2, 0.25) is 0 Å². The van der Waals surface area contributed by atoms with Crippen molar-refractivity contribution < 1.29 is 14.3 Å². The quantitative estimate of drug-likeness (QED) is 0.607. The summed E-state index contributed by atoms with van der Waals surface area (Å²) in [4.78, 5) is 11.3. The second kappa shape index (κ2) is 3.30. The zero-order chi connectivity index (χ0) is 11.0. The normalized spacial score (nSPS) is 27.8. The average Bonchev–Trinajstić information content (AvgIpc) is 2.00. The highest BCUT2D eigenvalue weighted by Gasteiger charge is 2.48. The molecule has 1 aliphatic heterocycles. The van der Waals surface area contributed by atoms with Crippen molar-refractivity contribution in [3.05, 3.63) is 11.8 Å². The van der Waals surface area contributed by atoms with Crippen LogP contribution >= 0.6 is 0 Å². The van der Waals surface area contributed by atoms with E-state index < -0.39 is 5.79 Å². The van der Waals surface area contributed by atoms with Gasteiger partial charge in [0.1, 0.15) is 5.76 Å². The van der Waals surface area contributed by atoms with Gasteiger partial charge in [-0.25, -0.2) is 4.79 Å². The second-order valence-corrected chi connectivity index (χ2v) is 4.63. The van der Waals surface area contributed by atoms with Gasteiger partial charge in [0.15, 0.2) is 0 Å². The highest BCUT2D eigenvalue weighted by Crippen LogP contribution is 2.41. The maximum atomic E-state index is 11.3. The SMILES string of the molecule is CCC1(C(C)(C)C)OC(=O)C=C(C)O1. The third-order valence-electron chi connectivity index (χ3n) is 2.52. The average molecular weight is 198 g/mol. The molecule has 3 nitrogen and oxygen atoms in total. The first kappa shape index (κ1) is 11.1. The summed E-state index contributed by atoms with van der Waals surface area (Å²) in [6.45, 7) is 9.74. The second-order valence-electron chi connectivity index (χ2n) is 4.63. The van der Waals surface area contributed by atoms with Crippen LogP contribution in [0.3, 0.4) is 0 Å². The Morgan fingerprint density at radius 1 is 1.36 bits per heavy atom. The number of allylic oxidation sites excluding steroid dienone is 1. The van der Waals surface area contributed by atoms with E-state index in [0.29, 0.717) is 12.2 Å². The van der Waals surface area contributed by atoms with Gasteiger partial charge in [0.05, 0.1) is 6.08 Å². The fraction of sp³-hybridized carbons (Fsp3) is 0.727. The number of rotatable bonds is 1. The third kappa shape index (κ3) is 1.76. The number of carbonyl (C=O) groups is 1. The molecular formula is C11H18O3. The van der Waals surface area contributed by atoms with Crippen molar-refractivity contribution >= 4 is 5.97 Å². The Morgan fingerprint density at radius 2 is 1.93 bits per heavy atom. The summed E-state index contributed by atoms with van der Waals surface area (Å²) >= 11 is 0. The summed E-state index contributed by atoms with van der Waals surface area (Å²) in [6.07, 6.45) is 2.02. The van der Waals surface area contributed by atoms with E-state index in [-0.39, 0.29) is 11.4 Å². The number of ether oxygens (including phenoxy) is 2. The van der Waals surface area contributed by atoms with Gasteiger partial charge in [-0.1, -0.05) is 27.7 Å². The van der Waals surface area contributed by atoms with Crippen LogP contribution in [0, 0.1) is 5.41 Å². The Labute approximate surface area is 85.1 Å². The zero-order valence-electron chi connectivity index (χ0n) is 9.51. The van der Waals surface area contributed by atoms with Crippen LogP contribution < -0.4 is 0 Å². The maximum absolute atomic E-state index is 11.3. The van der Waals surface area contributed by atoms with Crippen molar-refractivity contribution in [2.75, 3.05) is 0 Å². The lowest BCUT2D eigenvalue weighted by atomic mass is 9.83. The molecule has 0 N–H and O–H groups in total. The van der Waals surface area contributed by atoms with Crippen molar-refractivity contribution in [3.63, 3.8) is 0 Å². The molecular weight excluding hydrogens is 180 g/mol. The first-order valence-corrected chi connectivity index (χ1v) is 4.91. The Hall–Kier alpha value is -0.990. The lowest BCUT2D eigenvalue weighted by Gasteiger charge is -2.44. The summed E-state index contributed by atoms with van der Waals surface area (Å²) in [5, 5.41) is 0. The molecule has 0 spiro atoms. The van der Waals surface area contributed by atoms with Crippen LogP contribution in [0.1, 0.15) is 41.0 Å². The standard InChI is InChI=1S/C11H18O3/c1-6-11(10(3,4)5)13-8(2)7-9(12)14-11/h7H,6H2,1-5H3. The van der Waals surface area contributed by atoms with Gasteiger partial charge in [0, 0.05) is 11.8 Å². The smallest absolute Gasteiger partial charge is 0.337 e. The number of carbonyl (C=O) groups excluding carboxylic acids is 1. The van der Waals surface area contributed by atoms with Crippen molar-refractivity contribution in [2.45, 2.75) is 46.8 Å².